The normalized spacial score (nSPS) is 10.0. The largest absolute Gasteiger partial charge is 0.477 e. The van der Waals surface area contributed by atoms with Crippen molar-refractivity contribution in [3.63, 3.8) is 0 Å². The predicted octanol–water partition coefficient (Wildman–Crippen LogP) is 1.26. The van der Waals surface area contributed by atoms with E-state index in [2.05, 4.69) is 5.32 Å². The number of nitro benzene ring substituents is 1. The van der Waals surface area contributed by atoms with Crippen molar-refractivity contribution in [3.05, 3.63) is 33.9 Å². The summed E-state index contributed by atoms with van der Waals surface area (Å²) < 4.78 is 0. The molecule has 1 rings (SSSR count). The van der Waals surface area contributed by atoms with Crippen LogP contribution in [0.15, 0.2) is 18.2 Å². The van der Waals surface area contributed by atoms with Gasteiger partial charge in [0.15, 0.2) is 0 Å². The Kier molecular flexibility index (Phi) is 5.65. The van der Waals surface area contributed by atoms with E-state index in [9.17, 15) is 19.7 Å². The van der Waals surface area contributed by atoms with Crippen molar-refractivity contribution in [2.75, 3.05) is 25.0 Å². The zero-order chi connectivity index (χ0) is 16.0. The highest BCUT2D eigenvalue weighted by Crippen LogP contribution is 2.26. The third-order valence-corrected chi connectivity index (χ3v) is 2.88. The summed E-state index contributed by atoms with van der Waals surface area (Å²) in [5.41, 5.74) is -0.421. The first kappa shape index (κ1) is 16.4. The Balaban J connectivity index is 3.20. The Bertz CT molecular complexity index is 559. The standard InChI is InChI=1S/C13H17N3O5/c1-3-6-15(8-12(17)14-2)9-4-5-10(13(18)19)11(7-9)16(20)21/h4-5,7H,3,6,8H2,1-2H3,(H,14,17)(H,18,19). The maximum absolute atomic E-state index is 11.5. The van der Waals surface area contributed by atoms with Gasteiger partial charge in [-0.05, 0) is 18.6 Å². The molecule has 0 aliphatic rings. The molecule has 8 nitrogen and oxygen atoms in total. The van der Waals surface area contributed by atoms with Crippen LogP contribution in [-0.2, 0) is 4.79 Å². The molecule has 0 saturated carbocycles. The number of hydrogen-bond donors (Lipinski definition) is 2. The molecule has 0 aliphatic carbocycles. The van der Waals surface area contributed by atoms with Crippen LogP contribution in [0.5, 0.6) is 0 Å². The van der Waals surface area contributed by atoms with Crippen molar-refractivity contribution in [2.45, 2.75) is 13.3 Å². The van der Waals surface area contributed by atoms with Gasteiger partial charge in [-0.2, -0.15) is 0 Å². The molecule has 21 heavy (non-hydrogen) atoms. The number of carboxylic acid groups (broad SMARTS) is 1. The summed E-state index contributed by atoms with van der Waals surface area (Å²) in [7, 11) is 1.50. The highest BCUT2D eigenvalue weighted by Gasteiger charge is 2.22. The first-order chi connectivity index (χ1) is 9.90. The van der Waals surface area contributed by atoms with E-state index in [1.165, 1.54) is 25.2 Å². The average molecular weight is 295 g/mol. The van der Waals surface area contributed by atoms with Crippen LogP contribution in [-0.4, -0.2) is 42.0 Å². The van der Waals surface area contributed by atoms with Crippen LogP contribution in [0.3, 0.4) is 0 Å². The summed E-state index contributed by atoms with van der Waals surface area (Å²) in [6.45, 7) is 2.49. The Labute approximate surface area is 121 Å². The van der Waals surface area contributed by atoms with Gasteiger partial charge < -0.3 is 15.3 Å². The quantitative estimate of drug-likeness (QED) is 0.578. The lowest BCUT2D eigenvalue weighted by molar-refractivity contribution is -0.385. The Morgan fingerprint density at radius 1 is 1.43 bits per heavy atom. The monoisotopic (exact) mass is 295 g/mol. The average Bonchev–Trinajstić information content (AvgIpc) is 2.45. The molecule has 1 aromatic carbocycles. The number of carboxylic acids is 1. The number of nitrogens with zero attached hydrogens (tertiary/aromatic N) is 2. The van der Waals surface area contributed by atoms with Gasteiger partial charge in [-0.25, -0.2) is 4.79 Å². The lowest BCUT2D eigenvalue weighted by atomic mass is 10.1. The van der Waals surface area contributed by atoms with Gasteiger partial charge in [0.2, 0.25) is 5.91 Å². The first-order valence-electron chi connectivity index (χ1n) is 6.38. The lowest BCUT2D eigenvalue weighted by Gasteiger charge is -2.23. The maximum Gasteiger partial charge on any atom is 0.342 e. The van der Waals surface area contributed by atoms with Gasteiger partial charge in [-0.1, -0.05) is 6.92 Å². The zero-order valence-corrected chi connectivity index (χ0v) is 11.8. The second-order valence-corrected chi connectivity index (χ2v) is 4.36. The molecule has 0 bridgehead atoms. The number of amides is 1. The number of rotatable bonds is 7. The second-order valence-electron chi connectivity index (χ2n) is 4.36. The van der Waals surface area contributed by atoms with Crippen molar-refractivity contribution in [3.8, 4) is 0 Å². The molecule has 8 heteroatoms. The summed E-state index contributed by atoms with van der Waals surface area (Å²) in [5, 5.41) is 22.4. The van der Waals surface area contributed by atoms with Crippen molar-refractivity contribution in [1.29, 1.82) is 0 Å². The van der Waals surface area contributed by atoms with Crippen molar-refractivity contribution < 1.29 is 19.6 Å². The van der Waals surface area contributed by atoms with Crippen LogP contribution < -0.4 is 10.2 Å². The summed E-state index contributed by atoms with van der Waals surface area (Å²) in [6.07, 6.45) is 0.742. The lowest BCUT2D eigenvalue weighted by Crippen LogP contribution is -2.36. The van der Waals surface area contributed by atoms with Crippen LogP contribution in [0.1, 0.15) is 23.7 Å². The summed E-state index contributed by atoms with van der Waals surface area (Å²) in [5.74, 6) is -1.59. The Morgan fingerprint density at radius 2 is 2.10 bits per heavy atom. The summed E-state index contributed by atoms with van der Waals surface area (Å²) in [4.78, 5) is 34.4. The molecule has 0 aromatic heterocycles. The van der Waals surface area contributed by atoms with E-state index >= 15 is 0 Å². The number of carbonyl (C=O) groups is 2. The fraction of sp³-hybridized carbons (Fsp3) is 0.385. The van der Waals surface area contributed by atoms with Gasteiger partial charge in [0.05, 0.1) is 11.5 Å². The van der Waals surface area contributed by atoms with Crippen molar-refractivity contribution >= 4 is 23.3 Å². The van der Waals surface area contributed by atoms with E-state index in [1.54, 1.807) is 4.90 Å². The number of carbonyl (C=O) groups excluding carboxylic acids is 1. The van der Waals surface area contributed by atoms with Crippen LogP contribution in [0.2, 0.25) is 0 Å². The van der Waals surface area contributed by atoms with Gasteiger partial charge in [0.25, 0.3) is 5.69 Å². The van der Waals surface area contributed by atoms with Gasteiger partial charge in [0, 0.05) is 25.3 Å². The van der Waals surface area contributed by atoms with Crippen LogP contribution >= 0.6 is 0 Å². The van der Waals surface area contributed by atoms with Crippen LogP contribution in [0, 0.1) is 10.1 Å². The molecule has 114 valence electrons. The molecule has 1 aromatic rings. The molecule has 0 atom stereocenters. The smallest absolute Gasteiger partial charge is 0.342 e. The number of anilines is 1. The predicted molar refractivity (Wildman–Crippen MR) is 76.6 cm³/mol. The molecule has 0 saturated heterocycles. The minimum absolute atomic E-state index is 0.0495. The van der Waals surface area contributed by atoms with Gasteiger partial charge >= 0.3 is 5.97 Å². The summed E-state index contributed by atoms with van der Waals surface area (Å²) in [6, 6.07) is 3.83. The third kappa shape index (κ3) is 4.16. The number of benzene rings is 1. The van der Waals surface area contributed by atoms with E-state index in [4.69, 9.17) is 5.11 Å². The molecule has 0 fully saturated rings. The molecule has 0 spiro atoms. The number of nitro groups is 1. The second kappa shape index (κ2) is 7.22. The number of likely N-dealkylation sites (N-methyl/N-ethyl adjacent to an activating group) is 1. The number of nitrogens with one attached hydrogen (secondary N) is 1. The fourth-order valence-electron chi connectivity index (χ4n) is 1.87. The molecule has 0 aliphatic heterocycles. The minimum atomic E-state index is -1.36. The van der Waals surface area contributed by atoms with Crippen LogP contribution in [0.4, 0.5) is 11.4 Å². The third-order valence-electron chi connectivity index (χ3n) is 2.88. The van der Waals surface area contributed by atoms with Gasteiger partial charge in [-0.15, -0.1) is 0 Å². The maximum atomic E-state index is 11.5. The van der Waals surface area contributed by atoms with E-state index in [0.717, 1.165) is 6.42 Å². The number of aromatic carboxylic acids is 1. The van der Waals surface area contributed by atoms with Crippen LogP contribution in [0.25, 0.3) is 0 Å². The van der Waals surface area contributed by atoms with E-state index in [0.29, 0.717) is 12.2 Å². The highest BCUT2D eigenvalue weighted by molar-refractivity contribution is 5.93. The SMILES string of the molecule is CCCN(CC(=O)NC)c1ccc(C(=O)O)c([N+](=O)[O-])c1. The molecule has 1 amide bonds. The zero-order valence-electron chi connectivity index (χ0n) is 11.8. The fourth-order valence-corrected chi connectivity index (χ4v) is 1.87. The molecule has 0 unspecified atom stereocenters. The van der Waals surface area contributed by atoms with Crippen molar-refractivity contribution in [1.82, 2.24) is 5.32 Å². The van der Waals surface area contributed by atoms with Gasteiger partial charge in [-0.3, -0.25) is 14.9 Å². The van der Waals surface area contributed by atoms with E-state index in [1.807, 2.05) is 6.92 Å². The van der Waals surface area contributed by atoms with E-state index < -0.39 is 16.6 Å². The molecule has 2 N–H and O–H groups in total. The van der Waals surface area contributed by atoms with Gasteiger partial charge in [0.1, 0.15) is 5.56 Å². The molecule has 0 radical (unpaired) electrons. The molecule has 0 heterocycles. The Morgan fingerprint density at radius 3 is 2.57 bits per heavy atom. The minimum Gasteiger partial charge on any atom is -0.477 e. The Hall–Kier alpha value is -2.64. The van der Waals surface area contributed by atoms with Crippen molar-refractivity contribution in [2.24, 2.45) is 0 Å². The molecular formula is C13H17N3O5. The first-order valence-corrected chi connectivity index (χ1v) is 6.38. The molecular weight excluding hydrogens is 278 g/mol. The number of hydrogen-bond acceptors (Lipinski definition) is 5. The topological polar surface area (TPSA) is 113 Å². The highest BCUT2D eigenvalue weighted by atomic mass is 16.6. The summed E-state index contributed by atoms with van der Waals surface area (Å²) >= 11 is 0. The van der Waals surface area contributed by atoms with E-state index in [-0.39, 0.29) is 18.0 Å².